The Balaban J connectivity index is 3.31. The van der Waals surface area contributed by atoms with Crippen LogP contribution < -0.4 is 10.4 Å². The van der Waals surface area contributed by atoms with E-state index in [-0.39, 0.29) is 0 Å². The Hall–Kier alpha value is -0.286. The van der Waals surface area contributed by atoms with E-state index < -0.39 is 16.1 Å². The van der Waals surface area contributed by atoms with Gasteiger partial charge in [-0.25, -0.2) is 0 Å². The third-order valence-corrected chi connectivity index (χ3v) is 6.85. The van der Waals surface area contributed by atoms with Crippen molar-refractivity contribution in [3.63, 3.8) is 0 Å². The Morgan fingerprint density at radius 2 is 1.07 bits per heavy atom. The van der Waals surface area contributed by atoms with E-state index in [0.717, 1.165) is 0 Å². The van der Waals surface area contributed by atoms with E-state index in [1.807, 2.05) is 0 Å². The molecule has 1 nitrogen and oxygen atoms in total. The van der Waals surface area contributed by atoms with Gasteiger partial charge in [0, 0.05) is 19.4 Å². The average Bonchev–Trinajstić information content (AvgIpc) is 2.27. The molecule has 0 radical (unpaired) electrons. The number of nitrogens with zero attached hydrogens (tertiary/aromatic N) is 1. The number of rotatable bonds is 2. The van der Waals surface area contributed by atoms with Crippen molar-refractivity contribution in [2.24, 2.45) is 7.05 Å². The van der Waals surface area contributed by atoms with Crippen LogP contribution in [0.15, 0.2) is 12.4 Å². The van der Waals surface area contributed by atoms with E-state index in [0.29, 0.717) is 0 Å². The first kappa shape index (κ1) is 11.8. The second-order valence-electron chi connectivity index (χ2n) is 6.25. The highest BCUT2D eigenvalue weighted by Crippen LogP contribution is 2.07. The molecule has 0 saturated heterocycles. The molecule has 0 aliphatic carbocycles. The van der Waals surface area contributed by atoms with Gasteiger partial charge in [-0.15, -0.1) is 0 Å². The zero-order valence-electron chi connectivity index (χ0n) is 10.6. The molecule has 0 aromatic carbocycles. The van der Waals surface area contributed by atoms with Gasteiger partial charge in [0.15, 0.2) is 0 Å². The van der Waals surface area contributed by atoms with Gasteiger partial charge >= 0.3 is 0 Å². The quantitative estimate of drug-likeness (QED) is 0.680. The van der Waals surface area contributed by atoms with Gasteiger partial charge in [0.2, 0.25) is 0 Å². The molecule has 1 rings (SSSR count). The highest BCUT2D eigenvalue weighted by molar-refractivity contribution is 6.98. The van der Waals surface area contributed by atoms with Gasteiger partial charge in [-0.3, -0.25) is 0 Å². The van der Waals surface area contributed by atoms with Crippen molar-refractivity contribution in [2.45, 2.75) is 39.3 Å². The first-order chi connectivity index (χ1) is 6.12. The summed E-state index contributed by atoms with van der Waals surface area (Å²) < 4.78 is 2.24. The van der Waals surface area contributed by atoms with E-state index in [1.54, 1.807) is 10.4 Å². The second kappa shape index (κ2) is 3.38. The molecule has 0 aliphatic heterocycles. The first-order valence-corrected chi connectivity index (χ1v) is 12.3. The lowest BCUT2D eigenvalue weighted by molar-refractivity contribution is 0.931. The summed E-state index contributed by atoms with van der Waals surface area (Å²) in [6, 6.07) is 0. The lowest BCUT2D eigenvalue weighted by Gasteiger charge is -2.23. The minimum atomic E-state index is -1.15. The SMILES string of the molecule is Cn1cc([Si](C)(C)C)c([Si](C)(C)C)c1. The molecule has 1 aromatic rings. The molecule has 80 valence electrons. The molecule has 0 unspecified atom stereocenters. The van der Waals surface area contributed by atoms with E-state index >= 15 is 0 Å². The molecule has 0 N–H and O–H groups in total. The molecule has 0 fully saturated rings. The Morgan fingerprint density at radius 3 is 1.29 bits per heavy atom. The summed E-state index contributed by atoms with van der Waals surface area (Å²) >= 11 is 0. The van der Waals surface area contributed by atoms with Crippen LogP contribution >= 0.6 is 0 Å². The number of hydrogen-bond donors (Lipinski definition) is 0. The summed E-state index contributed by atoms with van der Waals surface area (Å²) in [7, 11) is -0.160. The standard InChI is InChI=1S/C11H23NSi2/c1-12-8-10(13(2,3)4)11(9-12)14(5,6)7/h8-9H,1-7H3. The van der Waals surface area contributed by atoms with Gasteiger partial charge < -0.3 is 4.57 Å². The van der Waals surface area contributed by atoms with Crippen molar-refractivity contribution >= 4 is 26.5 Å². The van der Waals surface area contributed by atoms with Crippen LogP contribution in [0.3, 0.4) is 0 Å². The molecule has 3 heteroatoms. The summed E-state index contributed by atoms with van der Waals surface area (Å²) in [5.41, 5.74) is 0. The van der Waals surface area contributed by atoms with Crippen molar-refractivity contribution in [2.75, 3.05) is 0 Å². The topological polar surface area (TPSA) is 4.93 Å². The van der Waals surface area contributed by atoms with Gasteiger partial charge in [-0.2, -0.15) is 0 Å². The lowest BCUT2D eigenvalue weighted by Crippen LogP contribution is -2.54. The van der Waals surface area contributed by atoms with E-state index in [9.17, 15) is 0 Å². The van der Waals surface area contributed by atoms with Crippen molar-refractivity contribution < 1.29 is 0 Å². The fourth-order valence-corrected chi connectivity index (χ4v) is 6.96. The van der Waals surface area contributed by atoms with Crippen molar-refractivity contribution in [3.05, 3.63) is 12.4 Å². The maximum atomic E-state index is 2.44. The fraction of sp³-hybridized carbons (Fsp3) is 0.636. The number of aromatic nitrogens is 1. The first-order valence-electron chi connectivity index (χ1n) is 5.29. The van der Waals surface area contributed by atoms with Crippen LogP contribution in [0.1, 0.15) is 0 Å². The maximum absolute atomic E-state index is 2.44. The Labute approximate surface area is 90.2 Å². The van der Waals surface area contributed by atoms with Crippen LogP contribution in [0.5, 0.6) is 0 Å². The number of hydrogen-bond acceptors (Lipinski definition) is 0. The summed E-state index contributed by atoms with van der Waals surface area (Å²) in [5, 5.41) is 3.33. The summed E-state index contributed by atoms with van der Waals surface area (Å²) in [5.74, 6) is 0. The smallest absolute Gasteiger partial charge is 0.0794 e. The van der Waals surface area contributed by atoms with E-state index in [2.05, 4.69) is 63.3 Å². The molecule has 1 heterocycles. The Bertz CT molecular complexity index is 295. The summed E-state index contributed by atoms with van der Waals surface area (Å²) in [4.78, 5) is 0. The minimum Gasteiger partial charge on any atom is -0.358 e. The van der Waals surface area contributed by atoms with Crippen LogP contribution in [-0.4, -0.2) is 20.7 Å². The molecular weight excluding hydrogens is 202 g/mol. The minimum absolute atomic E-state index is 1.15. The monoisotopic (exact) mass is 225 g/mol. The van der Waals surface area contributed by atoms with Crippen molar-refractivity contribution in [1.82, 2.24) is 4.57 Å². The zero-order chi connectivity index (χ0) is 11.1. The molecular formula is C11H23NSi2. The predicted molar refractivity (Wildman–Crippen MR) is 71.4 cm³/mol. The van der Waals surface area contributed by atoms with Gasteiger partial charge in [-0.1, -0.05) is 39.3 Å². The van der Waals surface area contributed by atoms with Gasteiger partial charge in [0.1, 0.15) is 0 Å². The fourth-order valence-electron chi connectivity index (χ4n) is 1.78. The molecule has 0 amide bonds. The third kappa shape index (κ3) is 2.39. The summed E-state index contributed by atoms with van der Waals surface area (Å²) in [6.45, 7) is 14.6. The van der Waals surface area contributed by atoms with Crippen molar-refractivity contribution in [1.29, 1.82) is 0 Å². The van der Waals surface area contributed by atoms with E-state index in [4.69, 9.17) is 0 Å². The van der Waals surface area contributed by atoms with Crippen LogP contribution in [0.25, 0.3) is 0 Å². The molecule has 0 saturated carbocycles. The molecule has 1 aromatic heterocycles. The number of aryl methyl sites for hydroxylation is 1. The van der Waals surface area contributed by atoms with Gasteiger partial charge in [-0.05, 0) is 10.4 Å². The van der Waals surface area contributed by atoms with Crippen LogP contribution in [0.4, 0.5) is 0 Å². The predicted octanol–water partition coefficient (Wildman–Crippen LogP) is 2.12. The molecule has 14 heavy (non-hydrogen) atoms. The maximum Gasteiger partial charge on any atom is 0.0794 e. The van der Waals surface area contributed by atoms with Crippen LogP contribution in [0, 0.1) is 0 Å². The molecule has 0 bridgehead atoms. The highest BCUT2D eigenvalue weighted by atomic mass is 28.3. The van der Waals surface area contributed by atoms with Crippen molar-refractivity contribution in [3.8, 4) is 0 Å². The van der Waals surface area contributed by atoms with Crippen LogP contribution in [0.2, 0.25) is 39.3 Å². The van der Waals surface area contributed by atoms with Gasteiger partial charge in [0.05, 0.1) is 16.1 Å². The normalized spacial score (nSPS) is 13.4. The molecule has 0 spiro atoms. The van der Waals surface area contributed by atoms with E-state index in [1.165, 1.54) is 0 Å². The third-order valence-electron chi connectivity index (χ3n) is 2.57. The lowest BCUT2D eigenvalue weighted by atomic mass is 10.6. The average molecular weight is 225 g/mol. The molecule has 0 aliphatic rings. The molecule has 0 atom stereocenters. The Morgan fingerprint density at radius 1 is 0.786 bits per heavy atom. The van der Waals surface area contributed by atoms with Gasteiger partial charge in [0.25, 0.3) is 0 Å². The zero-order valence-corrected chi connectivity index (χ0v) is 12.6. The van der Waals surface area contributed by atoms with Crippen LogP contribution in [-0.2, 0) is 7.05 Å². The largest absolute Gasteiger partial charge is 0.358 e. The highest BCUT2D eigenvalue weighted by Gasteiger charge is 2.28. The second-order valence-corrected chi connectivity index (χ2v) is 16.3. The summed E-state index contributed by atoms with van der Waals surface area (Å²) in [6.07, 6.45) is 4.69. The Kier molecular flexibility index (Phi) is 2.85.